The Hall–Kier alpha value is -1.55. The maximum Gasteiger partial charge on any atom is 0.253 e. The van der Waals surface area contributed by atoms with E-state index in [4.69, 9.17) is 4.74 Å². The van der Waals surface area contributed by atoms with Crippen LogP contribution >= 0.6 is 0 Å². The van der Waals surface area contributed by atoms with Crippen LogP contribution in [0.5, 0.6) is 0 Å². The molecule has 1 amide bonds. The van der Waals surface area contributed by atoms with E-state index >= 15 is 0 Å². The molecule has 0 bridgehead atoms. The van der Waals surface area contributed by atoms with E-state index in [-0.39, 0.29) is 12.0 Å². The zero-order valence-corrected chi connectivity index (χ0v) is 11.9. The van der Waals surface area contributed by atoms with Gasteiger partial charge in [0.15, 0.2) is 0 Å². The van der Waals surface area contributed by atoms with E-state index in [1.165, 1.54) is 0 Å². The number of carbonyl (C=O) groups is 1. The molecule has 0 aromatic heterocycles. The standard InChI is InChI=1S/C15H22N2O2/c1-11-9-12(6-7-14(11)16-2)15(18)17(3)10-13-5-4-8-19-13/h6-7,9,13,16H,4-5,8,10H2,1-3H3. The third-order valence-electron chi connectivity index (χ3n) is 3.59. The molecule has 1 heterocycles. The molecule has 1 atom stereocenters. The first kappa shape index (κ1) is 13.9. The maximum atomic E-state index is 12.3. The molecule has 0 aliphatic carbocycles. The third kappa shape index (κ3) is 3.26. The van der Waals surface area contributed by atoms with Crippen molar-refractivity contribution in [1.29, 1.82) is 0 Å². The summed E-state index contributed by atoms with van der Waals surface area (Å²) in [6.45, 7) is 3.50. The average Bonchev–Trinajstić information content (AvgIpc) is 2.90. The highest BCUT2D eigenvalue weighted by Crippen LogP contribution is 2.18. The summed E-state index contributed by atoms with van der Waals surface area (Å²) in [5, 5.41) is 3.10. The van der Waals surface area contributed by atoms with Crippen LogP contribution in [0.25, 0.3) is 0 Å². The fourth-order valence-electron chi connectivity index (χ4n) is 2.47. The Labute approximate surface area is 114 Å². The van der Waals surface area contributed by atoms with Crippen molar-refractivity contribution in [3.8, 4) is 0 Å². The number of nitrogens with one attached hydrogen (secondary N) is 1. The van der Waals surface area contributed by atoms with E-state index in [9.17, 15) is 4.79 Å². The molecular formula is C15H22N2O2. The van der Waals surface area contributed by atoms with Crippen molar-refractivity contribution in [2.75, 3.05) is 32.6 Å². The Bertz CT molecular complexity index is 453. The highest BCUT2D eigenvalue weighted by atomic mass is 16.5. The van der Waals surface area contributed by atoms with Crippen LogP contribution in [0.3, 0.4) is 0 Å². The van der Waals surface area contributed by atoms with Gasteiger partial charge in [-0.2, -0.15) is 0 Å². The van der Waals surface area contributed by atoms with Crippen molar-refractivity contribution in [2.24, 2.45) is 0 Å². The molecule has 2 rings (SSSR count). The largest absolute Gasteiger partial charge is 0.388 e. The smallest absolute Gasteiger partial charge is 0.253 e. The molecule has 1 aromatic carbocycles. The number of amides is 1. The number of aryl methyl sites for hydroxylation is 1. The van der Waals surface area contributed by atoms with Crippen LogP contribution in [0.15, 0.2) is 18.2 Å². The average molecular weight is 262 g/mol. The minimum Gasteiger partial charge on any atom is -0.388 e. The molecule has 4 nitrogen and oxygen atoms in total. The van der Waals surface area contributed by atoms with Crippen molar-refractivity contribution in [3.63, 3.8) is 0 Å². The van der Waals surface area contributed by atoms with Gasteiger partial charge in [0.1, 0.15) is 0 Å². The van der Waals surface area contributed by atoms with Gasteiger partial charge in [0.05, 0.1) is 6.10 Å². The summed E-state index contributed by atoms with van der Waals surface area (Å²) in [6.07, 6.45) is 2.35. The normalized spacial score (nSPS) is 18.4. The van der Waals surface area contributed by atoms with Crippen LogP contribution in [0.1, 0.15) is 28.8 Å². The lowest BCUT2D eigenvalue weighted by atomic mass is 10.1. The number of hydrogen-bond donors (Lipinski definition) is 1. The van der Waals surface area contributed by atoms with Crippen LogP contribution in [-0.4, -0.2) is 44.2 Å². The first-order valence-electron chi connectivity index (χ1n) is 6.77. The van der Waals surface area contributed by atoms with E-state index in [0.29, 0.717) is 6.54 Å². The number of rotatable bonds is 4. The number of likely N-dealkylation sites (N-methyl/N-ethyl adjacent to an activating group) is 1. The second kappa shape index (κ2) is 6.06. The molecule has 0 radical (unpaired) electrons. The summed E-state index contributed by atoms with van der Waals surface area (Å²) in [5.74, 6) is 0.0567. The van der Waals surface area contributed by atoms with Crippen LogP contribution in [0, 0.1) is 6.92 Å². The highest BCUT2D eigenvalue weighted by molar-refractivity contribution is 5.94. The Balaban J connectivity index is 2.03. The number of benzene rings is 1. The van der Waals surface area contributed by atoms with Crippen molar-refractivity contribution < 1.29 is 9.53 Å². The van der Waals surface area contributed by atoms with Gasteiger partial charge < -0.3 is 15.0 Å². The molecule has 1 saturated heterocycles. The molecule has 1 fully saturated rings. The molecule has 1 aromatic rings. The van der Waals surface area contributed by atoms with E-state index < -0.39 is 0 Å². The predicted molar refractivity (Wildman–Crippen MR) is 76.7 cm³/mol. The summed E-state index contributed by atoms with van der Waals surface area (Å²) < 4.78 is 5.57. The van der Waals surface area contributed by atoms with E-state index in [2.05, 4.69) is 5.32 Å². The molecule has 1 N–H and O–H groups in total. The van der Waals surface area contributed by atoms with Gasteiger partial charge in [-0.3, -0.25) is 4.79 Å². The first-order chi connectivity index (χ1) is 9.11. The second-order valence-corrected chi connectivity index (χ2v) is 5.10. The fraction of sp³-hybridized carbons (Fsp3) is 0.533. The van der Waals surface area contributed by atoms with Gasteiger partial charge in [-0.15, -0.1) is 0 Å². The Morgan fingerprint density at radius 1 is 1.53 bits per heavy atom. The van der Waals surface area contributed by atoms with E-state index in [1.807, 2.05) is 39.2 Å². The van der Waals surface area contributed by atoms with Crippen LogP contribution in [0.2, 0.25) is 0 Å². The van der Waals surface area contributed by atoms with Gasteiger partial charge in [-0.1, -0.05) is 0 Å². The lowest BCUT2D eigenvalue weighted by molar-refractivity contribution is 0.0587. The molecule has 1 unspecified atom stereocenters. The van der Waals surface area contributed by atoms with Gasteiger partial charge in [-0.25, -0.2) is 0 Å². The lowest BCUT2D eigenvalue weighted by Gasteiger charge is -2.21. The zero-order chi connectivity index (χ0) is 13.8. The van der Waals surface area contributed by atoms with Crippen molar-refractivity contribution in [1.82, 2.24) is 4.90 Å². The summed E-state index contributed by atoms with van der Waals surface area (Å²) in [5.41, 5.74) is 2.87. The third-order valence-corrected chi connectivity index (χ3v) is 3.59. The van der Waals surface area contributed by atoms with Crippen molar-refractivity contribution >= 4 is 11.6 Å². The van der Waals surface area contributed by atoms with Gasteiger partial charge >= 0.3 is 0 Å². The fourth-order valence-corrected chi connectivity index (χ4v) is 2.47. The highest BCUT2D eigenvalue weighted by Gasteiger charge is 2.21. The quantitative estimate of drug-likeness (QED) is 0.905. The number of ether oxygens (including phenoxy) is 1. The Kier molecular flexibility index (Phi) is 4.43. The molecule has 19 heavy (non-hydrogen) atoms. The van der Waals surface area contributed by atoms with Crippen molar-refractivity contribution in [2.45, 2.75) is 25.9 Å². The van der Waals surface area contributed by atoms with Crippen LogP contribution in [-0.2, 0) is 4.74 Å². The summed E-state index contributed by atoms with van der Waals surface area (Å²) in [6, 6.07) is 5.75. The number of hydrogen-bond acceptors (Lipinski definition) is 3. The van der Waals surface area contributed by atoms with E-state index in [0.717, 1.165) is 36.3 Å². The molecular weight excluding hydrogens is 240 g/mol. The van der Waals surface area contributed by atoms with Gasteiger partial charge in [0.25, 0.3) is 5.91 Å². The van der Waals surface area contributed by atoms with Crippen LogP contribution < -0.4 is 5.32 Å². The molecule has 104 valence electrons. The predicted octanol–water partition coefficient (Wildman–Crippen LogP) is 2.29. The minimum atomic E-state index is 0.0567. The topological polar surface area (TPSA) is 41.6 Å². The molecule has 1 aliphatic heterocycles. The van der Waals surface area contributed by atoms with Gasteiger partial charge in [0, 0.05) is 38.5 Å². The van der Waals surface area contributed by atoms with E-state index in [1.54, 1.807) is 4.90 Å². The lowest BCUT2D eigenvalue weighted by Crippen LogP contribution is -2.34. The summed E-state index contributed by atoms with van der Waals surface area (Å²) in [7, 11) is 3.72. The summed E-state index contributed by atoms with van der Waals surface area (Å²) >= 11 is 0. The monoisotopic (exact) mass is 262 g/mol. The van der Waals surface area contributed by atoms with Crippen LogP contribution in [0.4, 0.5) is 5.69 Å². The number of anilines is 1. The minimum absolute atomic E-state index is 0.0567. The Morgan fingerprint density at radius 3 is 2.89 bits per heavy atom. The molecule has 0 spiro atoms. The van der Waals surface area contributed by atoms with Gasteiger partial charge in [0.2, 0.25) is 0 Å². The number of nitrogens with zero attached hydrogens (tertiary/aromatic N) is 1. The van der Waals surface area contributed by atoms with Crippen molar-refractivity contribution in [3.05, 3.63) is 29.3 Å². The Morgan fingerprint density at radius 2 is 2.32 bits per heavy atom. The van der Waals surface area contributed by atoms with Gasteiger partial charge in [-0.05, 0) is 43.5 Å². The molecule has 0 saturated carbocycles. The number of carbonyl (C=O) groups excluding carboxylic acids is 1. The summed E-state index contributed by atoms with van der Waals surface area (Å²) in [4.78, 5) is 14.1. The maximum absolute atomic E-state index is 12.3. The molecule has 4 heteroatoms. The first-order valence-corrected chi connectivity index (χ1v) is 6.77. The molecule has 1 aliphatic rings. The zero-order valence-electron chi connectivity index (χ0n) is 11.9. The second-order valence-electron chi connectivity index (χ2n) is 5.10. The SMILES string of the molecule is CNc1ccc(C(=O)N(C)CC2CCCO2)cc1C.